The number of hydrogen-bond acceptors (Lipinski definition) is 2. The van der Waals surface area contributed by atoms with Crippen LogP contribution in [0.2, 0.25) is 5.02 Å². The van der Waals surface area contributed by atoms with Gasteiger partial charge in [-0.3, -0.25) is 0 Å². The van der Waals surface area contributed by atoms with Crippen molar-refractivity contribution in [3.8, 4) is 0 Å². The van der Waals surface area contributed by atoms with Gasteiger partial charge < -0.3 is 11.1 Å². The summed E-state index contributed by atoms with van der Waals surface area (Å²) in [6, 6.07) is 14.5. The quantitative estimate of drug-likeness (QED) is 0.809. The van der Waals surface area contributed by atoms with E-state index >= 15 is 0 Å². The Kier molecular flexibility index (Phi) is 4.00. The van der Waals surface area contributed by atoms with Gasteiger partial charge in [0.1, 0.15) is 0 Å². The molecule has 1 atom stereocenters. The maximum absolute atomic E-state index is 6.11. The van der Waals surface area contributed by atoms with E-state index < -0.39 is 0 Å². The van der Waals surface area contributed by atoms with E-state index in [9.17, 15) is 0 Å². The smallest absolute Gasteiger partial charge is 0.0512 e. The molecule has 2 nitrogen and oxygen atoms in total. The minimum Gasteiger partial charge on any atom is -0.398 e. The van der Waals surface area contributed by atoms with Crippen molar-refractivity contribution in [3.63, 3.8) is 0 Å². The molecule has 0 spiro atoms. The van der Waals surface area contributed by atoms with Crippen molar-refractivity contribution >= 4 is 22.9 Å². The molecule has 2 aromatic carbocycles. The Morgan fingerprint density at radius 2 is 2.05 bits per heavy atom. The van der Waals surface area contributed by atoms with Crippen LogP contribution >= 0.6 is 11.6 Å². The van der Waals surface area contributed by atoms with Gasteiger partial charge in [-0.25, -0.2) is 0 Å². The summed E-state index contributed by atoms with van der Waals surface area (Å²) < 4.78 is 0. The molecule has 0 aliphatic carbocycles. The summed E-state index contributed by atoms with van der Waals surface area (Å²) in [5.41, 5.74) is 11.8. The van der Waals surface area contributed by atoms with Crippen molar-refractivity contribution < 1.29 is 0 Å². The zero-order valence-corrected chi connectivity index (χ0v) is 12.8. The van der Waals surface area contributed by atoms with Crippen molar-refractivity contribution in [2.24, 2.45) is 0 Å². The standard InChI is InChI=1S/C18H19ClN2/c1-12-3-2-4-14(9-12)18-10-13(7-8-21-18)16-11-15(19)5-6-17(16)20/h2-6,9-11,18,21H,7-8,20H2,1H3. The van der Waals surface area contributed by atoms with E-state index in [1.165, 1.54) is 16.7 Å². The second kappa shape index (κ2) is 5.92. The molecule has 0 aromatic heterocycles. The minimum absolute atomic E-state index is 0.229. The largest absolute Gasteiger partial charge is 0.398 e. The zero-order chi connectivity index (χ0) is 14.8. The van der Waals surface area contributed by atoms with Crippen molar-refractivity contribution in [1.29, 1.82) is 0 Å². The van der Waals surface area contributed by atoms with Crippen molar-refractivity contribution in [1.82, 2.24) is 5.32 Å². The van der Waals surface area contributed by atoms with Crippen LogP contribution in [0, 0.1) is 6.92 Å². The molecule has 0 radical (unpaired) electrons. The van der Waals surface area contributed by atoms with E-state index in [1.54, 1.807) is 0 Å². The summed E-state index contributed by atoms with van der Waals surface area (Å²) in [5.74, 6) is 0. The number of anilines is 1. The number of nitrogens with one attached hydrogen (secondary N) is 1. The number of halogens is 1. The molecule has 21 heavy (non-hydrogen) atoms. The van der Waals surface area contributed by atoms with E-state index in [2.05, 4.69) is 42.6 Å². The first-order valence-electron chi connectivity index (χ1n) is 7.19. The molecule has 3 N–H and O–H groups in total. The highest BCUT2D eigenvalue weighted by Crippen LogP contribution is 2.32. The lowest BCUT2D eigenvalue weighted by Crippen LogP contribution is -2.25. The van der Waals surface area contributed by atoms with Crippen LogP contribution in [0.5, 0.6) is 0 Å². The van der Waals surface area contributed by atoms with Gasteiger partial charge >= 0.3 is 0 Å². The van der Waals surface area contributed by atoms with E-state index in [4.69, 9.17) is 17.3 Å². The average Bonchev–Trinajstić information content (AvgIpc) is 2.50. The van der Waals surface area contributed by atoms with Gasteiger partial charge in [0.2, 0.25) is 0 Å². The first kappa shape index (κ1) is 14.2. The van der Waals surface area contributed by atoms with E-state index in [-0.39, 0.29) is 6.04 Å². The maximum atomic E-state index is 6.11. The van der Waals surface area contributed by atoms with Crippen LogP contribution in [-0.2, 0) is 0 Å². The molecular formula is C18H19ClN2. The summed E-state index contributed by atoms with van der Waals surface area (Å²) >= 11 is 6.11. The number of hydrogen-bond donors (Lipinski definition) is 2. The predicted molar refractivity (Wildman–Crippen MR) is 90.4 cm³/mol. The third kappa shape index (κ3) is 3.12. The van der Waals surface area contributed by atoms with Crippen molar-refractivity contribution in [2.75, 3.05) is 12.3 Å². The fraction of sp³-hybridized carbons (Fsp3) is 0.222. The van der Waals surface area contributed by atoms with Gasteiger partial charge in [-0.15, -0.1) is 0 Å². The molecule has 0 amide bonds. The molecule has 2 aromatic rings. The molecular weight excluding hydrogens is 280 g/mol. The Bertz CT molecular complexity index is 691. The van der Waals surface area contributed by atoms with Crippen LogP contribution in [0.4, 0.5) is 5.69 Å². The molecule has 1 heterocycles. The number of nitrogen functional groups attached to an aromatic ring is 1. The van der Waals surface area contributed by atoms with Crippen molar-refractivity contribution in [3.05, 3.63) is 70.3 Å². The highest BCUT2D eigenvalue weighted by Gasteiger charge is 2.17. The Morgan fingerprint density at radius 3 is 2.86 bits per heavy atom. The molecule has 108 valence electrons. The first-order chi connectivity index (χ1) is 10.1. The zero-order valence-electron chi connectivity index (χ0n) is 12.1. The van der Waals surface area contributed by atoms with Gasteiger partial charge in [0.15, 0.2) is 0 Å². The van der Waals surface area contributed by atoms with Gasteiger partial charge in [0, 0.05) is 22.8 Å². The number of benzene rings is 2. The van der Waals surface area contributed by atoms with E-state index in [0.717, 1.165) is 29.2 Å². The molecule has 0 saturated heterocycles. The second-order valence-electron chi connectivity index (χ2n) is 5.52. The van der Waals surface area contributed by atoms with Gasteiger partial charge in [0.25, 0.3) is 0 Å². The lowest BCUT2D eigenvalue weighted by atomic mass is 9.92. The second-order valence-corrected chi connectivity index (χ2v) is 5.96. The molecule has 1 unspecified atom stereocenters. The SMILES string of the molecule is Cc1cccc(C2C=C(c3cc(Cl)ccc3N)CCN2)c1. The highest BCUT2D eigenvalue weighted by atomic mass is 35.5. The monoisotopic (exact) mass is 298 g/mol. The van der Waals surface area contributed by atoms with Gasteiger partial charge in [-0.1, -0.05) is 47.5 Å². The summed E-state index contributed by atoms with van der Waals surface area (Å²) in [7, 11) is 0. The first-order valence-corrected chi connectivity index (χ1v) is 7.57. The highest BCUT2D eigenvalue weighted by molar-refractivity contribution is 6.30. The summed E-state index contributed by atoms with van der Waals surface area (Å²) in [6.45, 7) is 3.06. The number of rotatable bonds is 2. The summed E-state index contributed by atoms with van der Waals surface area (Å²) in [5, 5.41) is 4.27. The van der Waals surface area contributed by atoms with Gasteiger partial charge in [-0.05, 0) is 42.7 Å². The molecule has 0 saturated carbocycles. The lowest BCUT2D eigenvalue weighted by Gasteiger charge is -2.24. The van der Waals surface area contributed by atoms with Crippen molar-refractivity contribution in [2.45, 2.75) is 19.4 Å². The molecule has 1 aliphatic rings. The van der Waals surface area contributed by atoms with Crippen LogP contribution in [0.3, 0.4) is 0 Å². The average molecular weight is 299 g/mol. The molecule has 0 bridgehead atoms. The Labute approximate surface area is 130 Å². The lowest BCUT2D eigenvalue weighted by molar-refractivity contribution is 0.608. The molecule has 0 fully saturated rings. The van der Waals surface area contributed by atoms with Gasteiger partial charge in [-0.2, -0.15) is 0 Å². The number of aryl methyl sites for hydroxylation is 1. The normalized spacial score (nSPS) is 18.4. The van der Waals surface area contributed by atoms with Crippen LogP contribution in [0.15, 0.2) is 48.5 Å². The van der Waals surface area contributed by atoms with E-state index in [0.29, 0.717) is 0 Å². The Morgan fingerprint density at radius 1 is 1.19 bits per heavy atom. The van der Waals surface area contributed by atoms with Crippen LogP contribution in [0.25, 0.3) is 5.57 Å². The fourth-order valence-electron chi connectivity index (χ4n) is 2.81. The summed E-state index contributed by atoms with van der Waals surface area (Å²) in [6.07, 6.45) is 3.23. The third-order valence-electron chi connectivity index (χ3n) is 3.89. The third-order valence-corrected chi connectivity index (χ3v) is 4.12. The molecule has 3 rings (SSSR count). The molecule has 1 aliphatic heterocycles. The summed E-state index contributed by atoms with van der Waals surface area (Å²) in [4.78, 5) is 0. The van der Waals surface area contributed by atoms with Crippen LogP contribution in [-0.4, -0.2) is 6.54 Å². The van der Waals surface area contributed by atoms with E-state index in [1.807, 2.05) is 18.2 Å². The minimum atomic E-state index is 0.229. The van der Waals surface area contributed by atoms with Crippen LogP contribution in [0.1, 0.15) is 29.2 Å². The molecule has 3 heteroatoms. The number of nitrogens with two attached hydrogens (primary N) is 1. The topological polar surface area (TPSA) is 38.0 Å². The van der Waals surface area contributed by atoms with Gasteiger partial charge in [0.05, 0.1) is 6.04 Å². The Balaban J connectivity index is 1.98. The fourth-order valence-corrected chi connectivity index (χ4v) is 2.99. The Hall–Kier alpha value is -1.77. The van der Waals surface area contributed by atoms with Crippen LogP contribution < -0.4 is 11.1 Å². The predicted octanol–water partition coefficient (Wildman–Crippen LogP) is 4.35. The maximum Gasteiger partial charge on any atom is 0.0512 e.